The number of thioether (sulfide) groups is 1. The summed E-state index contributed by atoms with van der Waals surface area (Å²) in [5, 5.41) is 8.69. The number of anilines is 1. The van der Waals surface area contributed by atoms with Crippen LogP contribution >= 0.6 is 11.8 Å². The van der Waals surface area contributed by atoms with Gasteiger partial charge in [-0.3, -0.25) is 0 Å². The molecule has 0 amide bonds. The zero-order valence-electron chi connectivity index (χ0n) is 9.30. The summed E-state index contributed by atoms with van der Waals surface area (Å²) in [6.45, 7) is 0. The Balaban J connectivity index is 2.04. The topological polar surface area (TPSA) is 75.6 Å². The zero-order valence-corrected chi connectivity index (χ0v) is 10.1. The predicted molar refractivity (Wildman–Crippen MR) is 67.1 cm³/mol. The van der Waals surface area contributed by atoms with Crippen LogP contribution in [0.4, 0.5) is 10.2 Å². The van der Waals surface area contributed by atoms with Gasteiger partial charge in [0.1, 0.15) is 29.1 Å². The molecule has 1 aromatic heterocycles. The van der Waals surface area contributed by atoms with E-state index < -0.39 is 0 Å². The maximum absolute atomic E-state index is 12.7. The molecule has 0 atom stereocenters. The smallest absolute Gasteiger partial charge is 0.145 e. The van der Waals surface area contributed by atoms with E-state index in [1.54, 1.807) is 12.1 Å². The van der Waals surface area contributed by atoms with E-state index in [4.69, 9.17) is 11.0 Å². The second-order valence-electron chi connectivity index (χ2n) is 3.44. The molecule has 1 heterocycles. The highest BCUT2D eigenvalue weighted by molar-refractivity contribution is 7.98. The fourth-order valence-electron chi connectivity index (χ4n) is 1.27. The van der Waals surface area contributed by atoms with Gasteiger partial charge < -0.3 is 5.73 Å². The number of hydrogen-bond donors (Lipinski definition) is 1. The maximum atomic E-state index is 12.7. The third kappa shape index (κ3) is 2.96. The van der Waals surface area contributed by atoms with Gasteiger partial charge in [0, 0.05) is 4.90 Å². The molecule has 0 aliphatic rings. The number of nitriles is 1. The Hall–Kier alpha value is -2.13. The number of nitrogens with zero attached hydrogens (tertiary/aromatic N) is 3. The summed E-state index contributed by atoms with van der Waals surface area (Å²) in [6.07, 6.45) is 1.41. The highest BCUT2D eigenvalue weighted by atomic mass is 32.2. The molecule has 18 heavy (non-hydrogen) atoms. The van der Waals surface area contributed by atoms with E-state index in [0.29, 0.717) is 11.6 Å². The van der Waals surface area contributed by atoms with Crippen LogP contribution in [0.25, 0.3) is 0 Å². The van der Waals surface area contributed by atoms with Gasteiger partial charge in [0.15, 0.2) is 0 Å². The summed E-state index contributed by atoms with van der Waals surface area (Å²) in [5.41, 5.74) is 5.86. The molecule has 2 rings (SSSR count). The van der Waals surface area contributed by atoms with Gasteiger partial charge in [0.25, 0.3) is 0 Å². The van der Waals surface area contributed by atoms with E-state index in [1.165, 1.54) is 30.1 Å². The Bertz CT molecular complexity index is 592. The van der Waals surface area contributed by atoms with Crippen molar-refractivity contribution >= 4 is 17.6 Å². The summed E-state index contributed by atoms with van der Waals surface area (Å²) in [4.78, 5) is 8.98. The number of benzene rings is 1. The number of halogens is 1. The van der Waals surface area contributed by atoms with Crippen LogP contribution in [0.1, 0.15) is 11.4 Å². The molecule has 0 radical (unpaired) electrons. The Morgan fingerprint density at radius 2 is 2.06 bits per heavy atom. The number of aromatic nitrogens is 2. The van der Waals surface area contributed by atoms with E-state index >= 15 is 0 Å². The molecule has 0 aliphatic carbocycles. The Labute approximate surface area is 108 Å². The van der Waals surface area contributed by atoms with E-state index in [0.717, 1.165) is 4.90 Å². The van der Waals surface area contributed by atoms with Crippen molar-refractivity contribution in [3.8, 4) is 6.07 Å². The molecule has 1 aromatic carbocycles. The molecular formula is C12H9FN4S. The van der Waals surface area contributed by atoms with Crippen LogP contribution in [0.2, 0.25) is 0 Å². The normalized spacial score (nSPS) is 10.0. The zero-order chi connectivity index (χ0) is 13.0. The van der Waals surface area contributed by atoms with Crippen molar-refractivity contribution in [2.45, 2.75) is 10.6 Å². The average molecular weight is 260 g/mol. The Morgan fingerprint density at radius 3 is 2.67 bits per heavy atom. The molecule has 0 fully saturated rings. The van der Waals surface area contributed by atoms with Crippen molar-refractivity contribution in [2.75, 3.05) is 5.73 Å². The number of nitrogens with two attached hydrogens (primary N) is 1. The van der Waals surface area contributed by atoms with Gasteiger partial charge in [0.2, 0.25) is 0 Å². The lowest BCUT2D eigenvalue weighted by Gasteiger charge is -2.02. The predicted octanol–water partition coefficient (Wildman–Crippen LogP) is 2.36. The van der Waals surface area contributed by atoms with Gasteiger partial charge in [-0.1, -0.05) is 0 Å². The van der Waals surface area contributed by atoms with Crippen LogP contribution < -0.4 is 5.73 Å². The highest BCUT2D eigenvalue weighted by Crippen LogP contribution is 2.21. The molecule has 0 aliphatic heterocycles. The van der Waals surface area contributed by atoms with Gasteiger partial charge in [-0.15, -0.1) is 11.8 Å². The third-order valence-corrected chi connectivity index (χ3v) is 3.18. The van der Waals surface area contributed by atoms with Crippen LogP contribution in [0, 0.1) is 17.1 Å². The number of rotatable bonds is 3. The van der Waals surface area contributed by atoms with Crippen LogP contribution in [0.3, 0.4) is 0 Å². The summed E-state index contributed by atoms with van der Waals surface area (Å²) in [5.74, 6) is 0.975. The minimum Gasteiger partial charge on any atom is -0.382 e. The molecule has 2 N–H and O–H groups in total. The second kappa shape index (κ2) is 5.47. The molecule has 0 bridgehead atoms. The van der Waals surface area contributed by atoms with Gasteiger partial charge in [-0.2, -0.15) is 5.26 Å². The summed E-state index contributed by atoms with van der Waals surface area (Å²) in [7, 11) is 0. The fraction of sp³-hybridized carbons (Fsp3) is 0.0833. The van der Waals surface area contributed by atoms with Crippen molar-refractivity contribution in [1.29, 1.82) is 5.26 Å². The molecule has 6 heteroatoms. The fourth-order valence-corrected chi connectivity index (χ4v) is 2.03. The third-order valence-electron chi connectivity index (χ3n) is 2.17. The van der Waals surface area contributed by atoms with Crippen LogP contribution in [0.15, 0.2) is 35.4 Å². The molecule has 90 valence electrons. The quantitative estimate of drug-likeness (QED) is 0.857. The van der Waals surface area contributed by atoms with Crippen molar-refractivity contribution in [2.24, 2.45) is 0 Å². The summed E-state index contributed by atoms with van der Waals surface area (Å²) in [6, 6.07) is 8.08. The van der Waals surface area contributed by atoms with Gasteiger partial charge in [-0.05, 0) is 24.3 Å². The first-order chi connectivity index (χ1) is 8.69. The Morgan fingerprint density at radius 1 is 1.33 bits per heavy atom. The molecule has 4 nitrogen and oxygen atoms in total. The SMILES string of the molecule is N#Cc1cnc(CSc2ccc(F)cc2)nc1N. The first-order valence-electron chi connectivity index (χ1n) is 5.09. The molecule has 0 saturated carbocycles. The van der Waals surface area contributed by atoms with Crippen LogP contribution in [0.5, 0.6) is 0 Å². The first kappa shape index (κ1) is 12.3. The highest BCUT2D eigenvalue weighted by Gasteiger charge is 2.04. The standard InChI is InChI=1S/C12H9FN4S/c13-9-1-3-10(4-2-9)18-7-11-16-6-8(5-14)12(15)17-11/h1-4,6H,7H2,(H2,15,16,17). The molecule has 2 aromatic rings. The average Bonchev–Trinajstić information content (AvgIpc) is 2.38. The van der Waals surface area contributed by atoms with Gasteiger partial charge in [-0.25, -0.2) is 14.4 Å². The lowest BCUT2D eigenvalue weighted by molar-refractivity contribution is 0.626. The lowest BCUT2D eigenvalue weighted by Crippen LogP contribution is -2.00. The molecular weight excluding hydrogens is 251 g/mol. The molecule has 0 unspecified atom stereocenters. The number of nitrogen functional groups attached to an aromatic ring is 1. The Kier molecular flexibility index (Phi) is 3.75. The summed E-state index contributed by atoms with van der Waals surface area (Å²) < 4.78 is 12.7. The van der Waals surface area contributed by atoms with Gasteiger partial charge >= 0.3 is 0 Å². The molecule has 0 spiro atoms. The van der Waals surface area contributed by atoms with E-state index in [-0.39, 0.29) is 17.2 Å². The number of hydrogen-bond acceptors (Lipinski definition) is 5. The van der Waals surface area contributed by atoms with Crippen LogP contribution in [-0.4, -0.2) is 9.97 Å². The minimum atomic E-state index is -0.266. The largest absolute Gasteiger partial charge is 0.382 e. The lowest BCUT2D eigenvalue weighted by atomic mass is 10.3. The van der Waals surface area contributed by atoms with E-state index in [2.05, 4.69) is 9.97 Å². The first-order valence-corrected chi connectivity index (χ1v) is 6.07. The van der Waals surface area contributed by atoms with Crippen molar-refractivity contribution in [3.63, 3.8) is 0 Å². The monoisotopic (exact) mass is 260 g/mol. The van der Waals surface area contributed by atoms with Crippen molar-refractivity contribution < 1.29 is 4.39 Å². The maximum Gasteiger partial charge on any atom is 0.145 e. The summed E-state index contributed by atoms with van der Waals surface area (Å²) >= 11 is 1.47. The van der Waals surface area contributed by atoms with Crippen LogP contribution in [-0.2, 0) is 5.75 Å². The second-order valence-corrected chi connectivity index (χ2v) is 4.49. The van der Waals surface area contributed by atoms with Crippen molar-refractivity contribution in [3.05, 3.63) is 47.7 Å². The van der Waals surface area contributed by atoms with Gasteiger partial charge in [0.05, 0.1) is 11.9 Å². The van der Waals surface area contributed by atoms with Crippen molar-refractivity contribution in [1.82, 2.24) is 9.97 Å². The van der Waals surface area contributed by atoms with E-state index in [9.17, 15) is 4.39 Å². The minimum absolute atomic E-state index is 0.183. The van der Waals surface area contributed by atoms with E-state index in [1.807, 2.05) is 6.07 Å². The molecule has 0 saturated heterocycles.